The first-order valence-electron chi connectivity index (χ1n) is 6.33. The van der Waals surface area contributed by atoms with Crippen LogP contribution in [0.5, 0.6) is 0 Å². The van der Waals surface area contributed by atoms with E-state index in [2.05, 4.69) is 0 Å². The summed E-state index contributed by atoms with van der Waals surface area (Å²) in [6.45, 7) is 1.73. The van der Waals surface area contributed by atoms with Gasteiger partial charge in [-0.25, -0.2) is 0 Å². The molecular weight excluding hydrogens is 244 g/mol. The molecule has 0 aliphatic heterocycles. The fourth-order valence-corrected chi connectivity index (χ4v) is 1.56. The summed E-state index contributed by atoms with van der Waals surface area (Å²) in [5.74, 6) is -0.385. The number of rotatable bonds is 8. The van der Waals surface area contributed by atoms with E-state index in [1.54, 1.807) is 24.3 Å². The van der Waals surface area contributed by atoms with Crippen LogP contribution in [-0.2, 0) is 14.3 Å². The number of benzene rings is 1. The summed E-state index contributed by atoms with van der Waals surface area (Å²) >= 11 is 0. The highest BCUT2D eigenvalue weighted by Gasteiger charge is 2.09. The summed E-state index contributed by atoms with van der Waals surface area (Å²) < 4.78 is 4.94. The van der Waals surface area contributed by atoms with Crippen molar-refractivity contribution in [1.29, 1.82) is 0 Å². The molecule has 0 amide bonds. The number of hydrogen-bond acceptors (Lipinski definition) is 4. The molecular formula is C15H18O4. The molecule has 0 spiro atoms. The number of ketones is 2. The second kappa shape index (κ2) is 8.19. The van der Waals surface area contributed by atoms with E-state index in [-0.39, 0.29) is 31.0 Å². The Morgan fingerprint density at radius 1 is 1.00 bits per heavy atom. The van der Waals surface area contributed by atoms with Gasteiger partial charge in [-0.15, -0.1) is 0 Å². The molecule has 0 heterocycles. The smallest absolute Gasteiger partial charge is 0.306 e. The number of ether oxygens (including phenoxy) is 1. The molecule has 1 aromatic rings. The Bertz CT molecular complexity index is 437. The van der Waals surface area contributed by atoms with Gasteiger partial charge in [-0.05, 0) is 13.3 Å². The van der Waals surface area contributed by atoms with Crippen LogP contribution in [0.15, 0.2) is 30.3 Å². The van der Waals surface area contributed by atoms with Crippen molar-refractivity contribution in [2.24, 2.45) is 0 Å². The van der Waals surface area contributed by atoms with Crippen molar-refractivity contribution in [3.05, 3.63) is 35.9 Å². The Hall–Kier alpha value is -1.97. The number of Topliss-reactive ketones (excluding diaryl/α,β-unsaturated/α-hetero) is 2. The second-order valence-corrected chi connectivity index (χ2v) is 4.32. The molecule has 0 unspecified atom stereocenters. The molecule has 4 heteroatoms. The molecule has 102 valence electrons. The molecule has 0 aliphatic rings. The van der Waals surface area contributed by atoms with Crippen molar-refractivity contribution in [2.45, 2.75) is 32.6 Å². The largest absolute Gasteiger partial charge is 0.466 e. The standard InChI is InChI=1S/C15H18O4/c1-12(16)6-5-11-19-15(18)10-9-14(17)13-7-3-2-4-8-13/h2-4,7-8H,5-6,9-11H2,1H3. The zero-order valence-electron chi connectivity index (χ0n) is 11.1. The maximum Gasteiger partial charge on any atom is 0.306 e. The maximum absolute atomic E-state index is 11.7. The van der Waals surface area contributed by atoms with Crippen LogP contribution in [0.4, 0.5) is 0 Å². The van der Waals surface area contributed by atoms with Gasteiger partial charge in [0.05, 0.1) is 13.0 Å². The molecule has 4 nitrogen and oxygen atoms in total. The van der Waals surface area contributed by atoms with Gasteiger partial charge in [-0.2, -0.15) is 0 Å². The topological polar surface area (TPSA) is 60.4 Å². The Labute approximate surface area is 112 Å². The highest BCUT2D eigenvalue weighted by Crippen LogP contribution is 2.06. The highest BCUT2D eigenvalue weighted by molar-refractivity contribution is 5.97. The fourth-order valence-electron chi connectivity index (χ4n) is 1.56. The molecule has 0 bridgehead atoms. The number of carbonyl (C=O) groups is 3. The van der Waals surface area contributed by atoms with Crippen LogP contribution in [0.25, 0.3) is 0 Å². The third-order valence-electron chi connectivity index (χ3n) is 2.59. The number of esters is 1. The zero-order valence-corrected chi connectivity index (χ0v) is 11.1. The van der Waals surface area contributed by atoms with Gasteiger partial charge >= 0.3 is 5.97 Å². The molecule has 0 radical (unpaired) electrons. The van der Waals surface area contributed by atoms with Crippen LogP contribution in [-0.4, -0.2) is 24.1 Å². The van der Waals surface area contributed by atoms with Gasteiger partial charge < -0.3 is 9.53 Å². The molecule has 0 aromatic heterocycles. The van der Waals surface area contributed by atoms with Crippen molar-refractivity contribution in [2.75, 3.05) is 6.61 Å². The fraction of sp³-hybridized carbons (Fsp3) is 0.400. The minimum Gasteiger partial charge on any atom is -0.466 e. The summed E-state index contributed by atoms with van der Waals surface area (Å²) in [6, 6.07) is 8.85. The minimum atomic E-state index is -0.396. The first-order valence-corrected chi connectivity index (χ1v) is 6.33. The van der Waals surface area contributed by atoms with Crippen molar-refractivity contribution in [3.8, 4) is 0 Å². The highest BCUT2D eigenvalue weighted by atomic mass is 16.5. The summed E-state index contributed by atoms with van der Waals surface area (Å²) in [4.78, 5) is 33.8. The molecule has 0 saturated carbocycles. The lowest BCUT2D eigenvalue weighted by molar-refractivity contribution is -0.144. The van der Waals surface area contributed by atoms with E-state index < -0.39 is 5.97 Å². The molecule has 0 N–H and O–H groups in total. The molecule has 0 aliphatic carbocycles. The van der Waals surface area contributed by atoms with E-state index in [1.807, 2.05) is 6.07 Å². The van der Waals surface area contributed by atoms with Crippen LogP contribution < -0.4 is 0 Å². The summed E-state index contributed by atoms with van der Waals surface area (Å²) in [7, 11) is 0. The predicted molar refractivity (Wildman–Crippen MR) is 70.9 cm³/mol. The summed E-state index contributed by atoms with van der Waals surface area (Å²) in [5, 5.41) is 0. The summed E-state index contributed by atoms with van der Waals surface area (Å²) in [5.41, 5.74) is 0.604. The van der Waals surface area contributed by atoms with E-state index >= 15 is 0 Å². The first kappa shape index (κ1) is 15.1. The van der Waals surface area contributed by atoms with Crippen LogP contribution in [0.2, 0.25) is 0 Å². The molecule has 1 rings (SSSR count). The van der Waals surface area contributed by atoms with E-state index in [0.717, 1.165) is 0 Å². The number of carbonyl (C=O) groups excluding carboxylic acids is 3. The van der Waals surface area contributed by atoms with Crippen LogP contribution in [0, 0.1) is 0 Å². The van der Waals surface area contributed by atoms with Crippen LogP contribution in [0.3, 0.4) is 0 Å². The van der Waals surface area contributed by atoms with Crippen LogP contribution in [0.1, 0.15) is 43.0 Å². The van der Waals surface area contributed by atoms with Gasteiger partial charge in [0.15, 0.2) is 5.78 Å². The van der Waals surface area contributed by atoms with Gasteiger partial charge in [0.25, 0.3) is 0 Å². The second-order valence-electron chi connectivity index (χ2n) is 4.32. The lowest BCUT2D eigenvalue weighted by atomic mass is 10.1. The normalized spacial score (nSPS) is 9.95. The first-order chi connectivity index (χ1) is 9.09. The average molecular weight is 262 g/mol. The Morgan fingerprint density at radius 3 is 2.32 bits per heavy atom. The third kappa shape index (κ3) is 6.50. The lowest BCUT2D eigenvalue weighted by Crippen LogP contribution is -2.09. The Balaban J connectivity index is 2.20. The zero-order chi connectivity index (χ0) is 14.1. The molecule has 0 saturated heterocycles. The van der Waals surface area contributed by atoms with Crippen molar-refractivity contribution in [3.63, 3.8) is 0 Å². The predicted octanol–water partition coefficient (Wildman–Crippen LogP) is 2.56. The lowest BCUT2D eigenvalue weighted by Gasteiger charge is -2.04. The number of hydrogen-bond donors (Lipinski definition) is 0. The molecule has 0 atom stereocenters. The van der Waals surface area contributed by atoms with E-state index in [4.69, 9.17) is 4.74 Å². The SMILES string of the molecule is CC(=O)CCCOC(=O)CCC(=O)c1ccccc1. The monoisotopic (exact) mass is 262 g/mol. The molecule has 0 fully saturated rings. The van der Waals surface area contributed by atoms with E-state index in [1.165, 1.54) is 6.92 Å². The summed E-state index contributed by atoms with van der Waals surface area (Å²) in [6.07, 6.45) is 1.17. The van der Waals surface area contributed by atoms with Gasteiger partial charge in [0, 0.05) is 18.4 Å². The van der Waals surface area contributed by atoms with Gasteiger partial charge in [0.2, 0.25) is 0 Å². The molecule has 1 aromatic carbocycles. The molecule has 19 heavy (non-hydrogen) atoms. The van der Waals surface area contributed by atoms with Gasteiger partial charge in [0.1, 0.15) is 5.78 Å². The third-order valence-corrected chi connectivity index (χ3v) is 2.59. The van der Waals surface area contributed by atoms with Crippen LogP contribution >= 0.6 is 0 Å². The van der Waals surface area contributed by atoms with E-state index in [9.17, 15) is 14.4 Å². The Kier molecular flexibility index (Phi) is 6.50. The van der Waals surface area contributed by atoms with Gasteiger partial charge in [-0.3, -0.25) is 9.59 Å². The minimum absolute atomic E-state index is 0.0683. The quantitative estimate of drug-likeness (QED) is 0.410. The Morgan fingerprint density at radius 2 is 1.68 bits per heavy atom. The van der Waals surface area contributed by atoms with Gasteiger partial charge in [-0.1, -0.05) is 30.3 Å². The van der Waals surface area contributed by atoms with Crippen molar-refractivity contribution >= 4 is 17.5 Å². The van der Waals surface area contributed by atoms with E-state index in [0.29, 0.717) is 18.4 Å². The van der Waals surface area contributed by atoms with Crippen molar-refractivity contribution in [1.82, 2.24) is 0 Å². The average Bonchev–Trinajstić information content (AvgIpc) is 2.41. The van der Waals surface area contributed by atoms with Crippen molar-refractivity contribution < 1.29 is 19.1 Å². The maximum atomic E-state index is 11.7.